The van der Waals surface area contributed by atoms with Crippen LogP contribution in [0.1, 0.15) is 25.0 Å². The Morgan fingerprint density at radius 3 is 2.70 bits per heavy atom. The van der Waals surface area contributed by atoms with Crippen molar-refractivity contribution in [1.82, 2.24) is 0 Å². The monoisotopic (exact) mass is 311 g/mol. The molecule has 3 rings (SSSR count). The lowest BCUT2D eigenvalue weighted by Crippen LogP contribution is -2.25. The largest absolute Gasteiger partial charge is 0.483 e. The summed E-state index contributed by atoms with van der Waals surface area (Å²) in [6.07, 6.45) is 0.842. The molecule has 0 aliphatic carbocycles. The lowest BCUT2D eigenvalue weighted by atomic mass is 10.0. The Morgan fingerprint density at radius 1 is 1.22 bits per heavy atom. The van der Waals surface area contributed by atoms with Crippen LogP contribution < -0.4 is 14.8 Å². The van der Waals surface area contributed by atoms with Crippen LogP contribution in [0.3, 0.4) is 0 Å². The smallest absolute Gasteiger partial charge is 0.262 e. The molecule has 23 heavy (non-hydrogen) atoms. The fourth-order valence-corrected chi connectivity index (χ4v) is 2.68. The van der Waals surface area contributed by atoms with Crippen molar-refractivity contribution in [3.63, 3.8) is 0 Å². The molecule has 2 aromatic carbocycles. The number of fused-ring (bicyclic) bond motifs is 1. The van der Waals surface area contributed by atoms with E-state index in [9.17, 15) is 4.79 Å². The Hall–Kier alpha value is -2.49. The number of rotatable bonds is 4. The fourth-order valence-electron chi connectivity index (χ4n) is 2.68. The van der Waals surface area contributed by atoms with Crippen molar-refractivity contribution in [2.24, 2.45) is 0 Å². The first-order valence-electron chi connectivity index (χ1n) is 7.73. The molecule has 0 atom stereocenters. The van der Waals surface area contributed by atoms with E-state index in [0.29, 0.717) is 5.75 Å². The number of amides is 1. The maximum atomic E-state index is 12.0. The van der Waals surface area contributed by atoms with Gasteiger partial charge in [-0.15, -0.1) is 0 Å². The molecule has 0 fully saturated rings. The Balaban J connectivity index is 1.62. The van der Waals surface area contributed by atoms with E-state index in [0.717, 1.165) is 29.0 Å². The molecular formula is C19H21NO3. The van der Waals surface area contributed by atoms with Gasteiger partial charge in [-0.2, -0.15) is 0 Å². The molecule has 1 N–H and O–H groups in total. The van der Waals surface area contributed by atoms with Crippen molar-refractivity contribution in [2.75, 3.05) is 11.9 Å². The summed E-state index contributed by atoms with van der Waals surface area (Å²) in [4.78, 5) is 12.0. The highest BCUT2D eigenvalue weighted by molar-refractivity contribution is 5.91. The lowest BCUT2D eigenvalue weighted by molar-refractivity contribution is -0.118. The van der Waals surface area contributed by atoms with Gasteiger partial charge in [-0.1, -0.05) is 29.8 Å². The molecule has 1 amide bonds. The zero-order valence-electron chi connectivity index (χ0n) is 13.7. The summed E-state index contributed by atoms with van der Waals surface area (Å²) >= 11 is 0. The SMILES string of the molecule is Cc1ccc(NC(=O)COc2cccc3c2OC(C)(C)C3)cc1. The summed E-state index contributed by atoms with van der Waals surface area (Å²) in [6.45, 7) is 6.04. The van der Waals surface area contributed by atoms with Crippen molar-refractivity contribution in [3.8, 4) is 11.5 Å². The van der Waals surface area contributed by atoms with Gasteiger partial charge in [0.15, 0.2) is 18.1 Å². The van der Waals surface area contributed by atoms with Crippen LogP contribution in [-0.4, -0.2) is 18.1 Å². The second kappa shape index (κ2) is 5.95. The first kappa shape index (κ1) is 15.4. The number of hydrogen-bond acceptors (Lipinski definition) is 3. The third-order valence-electron chi connectivity index (χ3n) is 3.75. The molecule has 0 unspecified atom stereocenters. The second-order valence-electron chi connectivity index (χ2n) is 6.49. The maximum Gasteiger partial charge on any atom is 0.262 e. The van der Waals surface area contributed by atoms with Gasteiger partial charge >= 0.3 is 0 Å². The molecule has 120 valence electrons. The van der Waals surface area contributed by atoms with Crippen molar-refractivity contribution in [3.05, 3.63) is 53.6 Å². The minimum Gasteiger partial charge on any atom is -0.483 e. The van der Waals surface area contributed by atoms with Gasteiger partial charge in [-0.25, -0.2) is 0 Å². The second-order valence-corrected chi connectivity index (χ2v) is 6.49. The highest BCUT2D eigenvalue weighted by atomic mass is 16.5. The molecule has 0 aromatic heterocycles. The quantitative estimate of drug-likeness (QED) is 0.936. The lowest BCUT2D eigenvalue weighted by Gasteiger charge is -2.18. The van der Waals surface area contributed by atoms with Crippen molar-refractivity contribution >= 4 is 11.6 Å². The number of aryl methyl sites for hydroxylation is 1. The summed E-state index contributed by atoms with van der Waals surface area (Å²) in [7, 11) is 0. The third-order valence-corrected chi connectivity index (χ3v) is 3.75. The molecule has 0 spiro atoms. The Labute approximate surface area is 136 Å². The minimum atomic E-state index is -0.230. The van der Waals surface area contributed by atoms with E-state index in [1.165, 1.54) is 0 Å². The standard InChI is InChI=1S/C19H21NO3/c1-13-7-9-15(10-8-13)20-17(21)12-22-16-6-4-5-14-11-19(2,3)23-18(14)16/h4-10H,11-12H2,1-3H3,(H,20,21). The van der Waals surface area contributed by atoms with Gasteiger partial charge < -0.3 is 14.8 Å². The third kappa shape index (κ3) is 3.65. The van der Waals surface area contributed by atoms with Crippen molar-refractivity contribution in [2.45, 2.75) is 32.8 Å². The summed E-state index contributed by atoms with van der Waals surface area (Å²) < 4.78 is 11.6. The summed E-state index contributed by atoms with van der Waals surface area (Å²) in [6, 6.07) is 13.4. The predicted molar refractivity (Wildman–Crippen MR) is 90.2 cm³/mol. The topological polar surface area (TPSA) is 47.6 Å². The first-order chi connectivity index (χ1) is 10.9. The maximum absolute atomic E-state index is 12.0. The van der Waals surface area contributed by atoms with Gasteiger partial charge in [0.2, 0.25) is 0 Å². The number of ether oxygens (including phenoxy) is 2. The van der Waals surface area contributed by atoms with E-state index in [1.54, 1.807) is 0 Å². The molecule has 4 heteroatoms. The van der Waals surface area contributed by atoms with Crippen LogP contribution in [0.4, 0.5) is 5.69 Å². The van der Waals surface area contributed by atoms with Crippen LogP contribution >= 0.6 is 0 Å². The van der Waals surface area contributed by atoms with Crippen LogP contribution in [0.25, 0.3) is 0 Å². The van der Waals surface area contributed by atoms with E-state index in [2.05, 4.69) is 5.32 Å². The van der Waals surface area contributed by atoms with E-state index in [4.69, 9.17) is 9.47 Å². The molecule has 1 aliphatic rings. The van der Waals surface area contributed by atoms with Gasteiger partial charge in [0, 0.05) is 17.7 Å². The zero-order valence-corrected chi connectivity index (χ0v) is 13.7. The van der Waals surface area contributed by atoms with Gasteiger partial charge in [-0.05, 0) is 39.0 Å². The predicted octanol–water partition coefficient (Wildman–Crippen LogP) is 3.73. The molecule has 0 saturated carbocycles. The van der Waals surface area contributed by atoms with Crippen LogP contribution in [0.15, 0.2) is 42.5 Å². The van der Waals surface area contributed by atoms with E-state index < -0.39 is 0 Å². The van der Waals surface area contributed by atoms with Gasteiger partial charge in [0.1, 0.15) is 5.60 Å². The number of carbonyl (C=O) groups excluding carboxylic acids is 1. The molecule has 1 aliphatic heterocycles. The number of carbonyl (C=O) groups is 1. The zero-order chi connectivity index (χ0) is 16.4. The molecule has 4 nitrogen and oxygen atoms in total. The van der Waals surface area contributed by atoms with Crippen LogP contribution in [0.2, 0.25) is 0 Å². The number of nitrogens with one attached hydrogen (secondary N) is 1. The Morgan fingerprint density at radius 2 is 1.96 bits per heavy atom. The van der Waals surface area contributed by atoms with Gasteiger partial charge in [0.25, 0.3) is 5.91 Å². The highest BCUT2D eigenvalue weighted by Gasteiger charge is 2.32. The van der Waals surface area contributed by atoms with Crippen LogP contribution in [-0.2, 0) is 11.2 Å². The fraction of sp³-hybridized carbons (Fsp3) is 0.316. The number of benzene rings is 2. The van der Waals surface area contributed by atoms with Crippen molar-refractivity contribution in [1.29, 1.82) is 0 Å². The molecule has 0 radical (unpaired) electrons. The van der Waals surface area contributed by atoms with Crippen LogP contribution in [0, 0.1) is 6.92 Å². The number of anilines is 1. The first-order valence-corrected chi connectivity index (χ1v) is 7.73. The van der Waals surface area contributed by atoms with Crippen LogP contribution in [0.5, 0.6) is 11.5 Å². The van der Waals surface area contributed by atoms with E-state index >= 15 is 0 Å². The average Bonchev–Trinajstić information content (AvgIpc) is 2.82. The average molecular weight is 311 g/mol. The normalized spacial score (nSPS) is 14.7. The molecule has 1 heterocycles. The molecule has 0 bridgehead atoms. The highest BCUT2D eigenvalue weighted by Crippen LogP contribution is 2.41. The summed E-state index contributed by atoms with van der Waals surface area (Å²) in [5.74, 6) is 1.18. The van der Waals surface area contributed by atoms with E-state index in [1.807, 2.05) is 63.2 Å². The summed E-state index contributed by atoms with van der Waals surface area (Å²) in [5.41, 5.74) is 2.80. The summed E-state index contributed by atoms with van der Waals surface area (Å²) in [5, 5.41) is 2.82. The van der Waals surface area contributed by atoms with Gasteiger partial charge in [0.05, 0.1) is 0 Å². The Bertz CT molecular complexity index is 720. The molecule has 2 aromatic rings. The molecular weight excluding hydrogens is 290 g/mol. The van der Waals surface area contributed by atoms with E-state index in [-0.39, 0.29) is 18.1 Å². The number of para-hydroxylation sites is 1. The Kier molecular flexibility index (Phi) is 3.99. The minimum absolute atomic E-state index is 0.0475. The molecule has 0 saturated heterocycles. The van der Waals surface area contributed by atoms with Crippen molar-refractivity contribution < 1.29 is 14.3 Å². The number of hydrogen-bond donors (Lipinski definition) is 1. The van der Waals surface area contributed by atoms with Gasteiger partial charge in [-0.3, -0.25) is 4.79 Å².